The highest BCUT2D eigenvalue weighted by atomic mass is 19.1. The zero-order valence-corrected chi connectivity index (χ0v) is 9.23. The Balaban J connectivity index is 2.04. The molecule has 90 valence electrons. The molecule has 0 aliphatic heterocycles. The normalized spacial score (nSPS) is 9.83. The number of halogens is 2. The quantitative estimate of drug-likeness (QED) is 0.782. The van der Waals surface area contributed by atoms with Crippen molar-refractivity contribution in [3.05, 3.63) is 59.4 Å². The van der Waals surface area contributed by atoms with Gasteiger partial charge >= 0.3 is 0 Å². The number of hydrogen-bond donors (Lipinski definition) is 0. The number of hydrogen-bond acceptors (Lipinski definition) is 3. The molecule has 18 heavy (non-hydrogen) atoms. The molecule has 0 saturated carbocycles. The molecule has 0 N–H and O–H groups in total. The van der Waals surface area contributed by atoms with Crippen molar-refractivity contribution in [2.75, 3.05) is 0 Å². The average molecular weight is 246 g/mol. The van der Waals surface area contributed by atoms with Crippen LogP contribution < -0.4 is 4.74 Å². The van der Waals surface area contributed by atoms with Crippen molar-refractivity contribution in [3.63, 3.8) is 0 Å². The Morgan fingerprint density at radius 1 is 1.11 bits per heavy atom. The summed E-state index contributed by atoms with van der Waals surface area (Å²) in [6.45, 7) is 0.0499. The van der Waals surface area contributed by atoms with E-state index in [2.05, 4.69) is 4.98 Å². The maximum atomic E-state index is 13.2. The molecule has 1 aromatic heterocycles. The summed E-state index contributed by atoms with van der Waals surface area (Å²) >= 11 is 0. The predicted molar refractivity (Wildman–Crippen MR) is 59.6 cm³/mol. The van der Waals surface area contributed by atoms with Gasteiger partial charge in [0.15, 0.2) is 0 Å². The minimum atomic E-state index is -0.822. The third kappa shape index (κ3) is 2.80. The van der Waals surface area contributed by atoms with Crippen LogP contribution in [0.5, 0.6) is 5.75 Å². The molecule has 5 heteroatoms. The van der Waals surface area contributed by atoms with Crippen LogP contribution >= 0.6 is 0 Å². The second kappa shape index (κ2) is 5.23. The smallest absolute Gasteiger partial charge is 0.231 e. The Morgan fingerprint density at radius 2 is 1.83 bits per heavy atom. The summed E-state index contributed by atoms with van der Waals surface area (Å²) < 4.78 is 31.1. The van der Waals surface area contributed by atoms with Gasteiger partial charge in [-0.1, -0.05) is 0 Å². The van der Waals surface area contributed by atoms with Gasteiger partial charge < -0.3 is 4.74 Å². The molecule has 0 fully saturated rings. The summed E-state index contributed by atoms with van der Waals surface area (Å²) in [5.41, 5.74) is 0.247. The molecule has 0 aliphatic rings. The maximum Gasteiger partial charge on any atom is 0.231 e. The lowest BCUT2D eigenvalue weighted by Crippen LogP contribution is -2.01. The van der Waals surface area contributed by atoms with Crippen molar-refractivity contribution in [1.82, 2.24) is 4.98 Å². The Hall–Kier alpha value is -2.48. The molecular formula is C13H8F2N2O. The summed E-state index contributed by atoms with van der Waals surface area (Å²) in [6, 6.07) is 9.99. The highest BCUT2D eigenvalue weighted by Gasteiger charge is 2.05. The largest absolute Gasteiger partial charge is 0.487 e. The summed E-state index contributed by atoms with van der Waals surface area (Å²) in [6.07, 6.45) is 0. The molecule has 0 saturated heterocycles. The molecule has 0 spiro atoms. The molecule has 0 radical (unpaired) electrons. The SMILES string of the molecule is N#Cc1ccc(COc2ccc(F)cc2)nc1F. The second-order valence-electron chi connectivity index (χ2n) is 3.50. The van der Waals surface area contributed by atoms with E-state index >= 15 is 0 Å². The van der Waals surface area contributed by atoms with E-state index in [-0.39, 0.29) is 18.0 Å². The number of ether oxygens (including phenoxy) is 1. The third-order valence-electron chi connectivity index (χ3n) is 2.23. The maximum absolute atomic E-state index is 13.2. The lowest BCUT2D eigenvalue weighted by atomic mass is 10.2. The predicted octanol–water partition coefficient (Wildman–Crippen LogP) is 2.81. The minimum absolute atomic E-state index is 0.0499. The van der Waals surface area contributed by atoms with Crippen LogP contribution in [0.1, 0.15) is 11.3 Å². The third-order valence-corrected chi connectivity index (χ3v) is 2.23. The Labute approximate surface area is 102 Å². The van der Waals surface area contributed by atoms with Crippen LogP contribution in [0, 0.1) is 23.1 Å². The van der Waals surface area contributed by atoms with Gasteiger partial charge in [0.1, 0.15) is 29.8 Å². The molecule has 0 atom stereocenters. The lowest BCUT2D eigenvalue weighted by Gasteiger charge is -2.05. The Kier molecular flexibility index (Phi) is 3.49. The molecule has 0 bridgehead atoms. The molecule has 2 rings (SSSR count). The highest BCUT2D eigenvalue weighted by molar-refractivity contribution is 5.28. The van der Waals surface area contributed by atoms with Gasteiger partial charge in [0, 0.05) is 0 Å². The van der Waals surface area contributed by atoms with Crippen molar-refractivity contribution in [2.45, 2.75) is 6.61 Å². The zero-order valence-electron chi connectivity index (χ0n) is 9.23. The number of aromatic nitrogens is 1. The first-order valence-corrected chi connectivity index (χ1v) is 5.13. The van der Waals surface area contributed by atoms with Gasteiger partial charge in [-0.05, 0) is 36.4 Å². The topological polar surface area (TPSA) is 45.9 Å². The van der Waals surface area contributed by atoms with E-state index in [1.54, 1.807) is 6.07 Å². The fourth-order valence-corrected chi connectivity index (χ4v) is 1.32. The first kappa shape index (κ1) is 12.0. The fourth-order valence-electron chi connectivity index (χ4n) is 1.32. The Bertz CT molecular complexity index is 591. The molecule has 3 nitrogen and oxygen atoms in total. The molecule has 1 heterocycles. The fraction of sp³-hybridized carbons (Fsp3) is 0.0769. The highest BCUT2D eigenvalue weighted by Crippen LogP contribution is 2.13. The second-order valence-corrected chi connectivity index (χ2v) is 3.50. The van der Waals surface area contributed by atoms with Crippen LogP contribution in [-0.2, 0) is 6.61 Å². The molecule has 0 unspecified atom stereocenters. The standard InChI is InChI=1S/C13H8F2N2O/c14-10-2-5-12(6-3-10)18-8-11-4-1-9(7-16)13(15)17-11/h1-6H,8H2. The number of nitriles is 1. The first-order valence-electron chi connectivity index (χ1n) is 5.13. The van der Waals surface area contributed by atoms with Gasteiger partial charge in [-0.2, -0.15) is 9.65 Å². The summed E-state index contributed by atoms with van der Waals surface area (Å²) in [5.74, 6) is -0.717. The van der Waals surface area contributed by atoms with Gasteiger partial charge in [0.2, 0.25) is 5.95 Å². The Morgan fingerprint density at radius 3 is 2.44 bits per heavy atom. The van der Waals surface area contributed by atoms with Crippen molar-refractivity contribution in [2.24, 2.45) is 0 Å². The van der Waals surface area contributed by atoms with Crippen LogP contribution in [0.2, 0.25) is 0 Å². The zero-order chi connectivity index (χ0) is 13.0. The molecule has 0 amide bonds. The number of nitrogens with zero attached hydrogens (tertiary/aromatic N) is 2. The number of pyridine rings is 1. The van der Waals surface area contributed by atoms with Crippen LogP contribution in [0.25, 0.3) is 0 Å². The van der Waals surface area contributed by atoms with Crippen LogP contribution in [0.3, 0.4) is 0 Å². The van der Waals surface area contributed by atoms with Crippen molar-refractivity contribution in [1.29, 1.82) is 5.26 Å². The molecule has 1 aromatic carbocycles. The van der Waals surface area contributed by atoms with E-state index in [4.69, 9.17) is 10.00 Å². The van der Waals surface area contributed by atoms with Crippen molar-refractivity contribution < 1.29 is 13.5 Å². The number of benzene rings is 1. The van der Waals surface area contributed by atoms with Gasteiger partial charge in [-0.25, -0.2) is 9.37 Å². The average Bonchev–Trinajstić information content (AvgIpc) is 2.38. The van der Waals surface area contributed by atoms with E-state index in [0.29, 0.717) is 11.4 Å². The van der Waals surface area contributed by atoms with E-state index in [1.807, 2.05) is 0 Å². The summed E-state index contributed by atoms with van der Waals surface area (Å²) in [7, 11) is 0. The van der Waals surface area contributed by atoms with E-state index in [9.17, 15) is 8.78 Å². The van der Waals surface area contributed by atoms with Crippen LogP contribution in [0.15, 0.2) is 36.4 Å². The van der Waals surface area contributed by atoms with Gasteiger partial charge in [-0.3, -0.25) is 0 Å². The van der Waals surface area contributed by atoms with E-state index < -0.39 is 5.95 Å². The first-order chi connectivity index (χ1) is 8.69. The van der Waals surface area contributed by atoms with E-state index in [1.165, 1.54) is 36.4 Å². The van der Waals surface area contributed by atoms with Crippen molar-refractivity contribution in [3.8, 4) is 11.8 Å². The van der Waals surface area contributed by atoms with Crippen molar-refractivity contribution >= 4 is 0 Å². The minimum Gasteiger partial charge on any atom is -0.487 e. The molecule has 0 aliphatic carbocycles. The van der Waals surface area contributed by atoms with Gasteiger partial charge in [0.25, 0.3) is 0 Å². The summed E-state index contributed by atoms with van der Waals surface area (Å²) in [4.78, 5) is 3.59. The lowest BCUT2D eigenvalue weighted by molar-refractivity contribution is 0.299. The van der Waals surface area contributed by atoms with Crippen LogP contribution in [-0.4, -0.2) is 4.98 Å². The van der Waals surface area contributed by atoms with Crippen LogP contribution in [0.4, 0.5) is 8.78 Å². The van der Waals surface area contributed by atoms with Gasteiger partial charge in [0.05, 0.1) is 5.69 Å². The molecular weight excluding hydrogens is 238 g/mol. The summed E-state index contributed by atoms with van der Waals surface area (Å²) in [5, 5.41) is 8.55. The molecule has 2 aromatic rings. The number of rotatable bonds is 3. The monoisotopic (exact) mass is 246 g/mol. The van der Waals surface area contributed by atoms with Gasteiger partial charge in [-0.15, -0.1) is 0 Å². The van der Waals surface area contributed by atoms with E-state index in [0.717, 1.165) is 0 Å².